The van der Waals surface area contributed by atoms with E-state index in [1.54, 1.807) is 0 Å². The Labute approximate surface area is 67.1 Å². The van der Waals surface area contributed by atoms with E-state index in [1.807, 2.05) is 0 Å². The highest BCUT2D eigenvalue weighted by atomic mass is 19.4. The first-order valence-electron chi connectivity index (χ1n) is 3.51. The smallest absolute Gasteiger partial charge is 0.341 e. The molecule has 1 saturated heterocycles. The van der Waals surface area contributed by atoms with Crippen molar-refractivity contribution in [3.63, 3.8) is 0 Å². The number of alkyl halides is 3. The molecule has 0 saturated carbocycles. The van der Waals surface area contributed by atoms with Gasteiger partial charge in [0.15, 0.2) is 0 Å². The number of nitrogens with two attached hydrogens (primary N) is 1. The second-order valence-corrected chi connectivity index (χ2v) is 2.85. The molecule has 1 amide bonds. The number of carbonyl (C=O) groups excluding carboxylic acids is 1. The van der Waals surface area contributed by atoms with E-state index in [2.05, 4.69) is 5.32 Å². The summed E-state index contributed by atoms with van der Waals surface area (Å²) in [5, 5.41) is 2.22. The first-order chi connectivity index (χ1) is 5.39. The molecule has 2 unspecified atom stereocenters. The van der Waals surface area contributed by atoms with Crippen LogP contribution >= 0.6 is 0 Å². The fourth-order valence-corrected chi connectivity index (χ4v) is 1.19. The molecular weight excluding hydrogens is 173 g/mol. The third-order valence-electron chi connectivity index (χ3n) is 1.78. The van der Waals surface area contributed by atoms with Gasteiger partial charge in [0.05, 0.1) is 12.1 Å². The fraction of sp³-hybridized carbons (Fsp3) is 0.833. The van der Waals surface area contributed by atoms with Crippen LogP contribution in [-0.4, -0.2) is 18.2 Å². The highest BCUT2D eigenvalue weighted by Crippen LogP contribution is 2.33. The van der Waals surface area contributed by atoms with Crippen LogP contribution in [0.25, 0.3) is 0 Å². The van der Waals surface area contributed by atoms with E-state index in [9.17, 15) is 18.0 Å². The van der Waals surface area contributed by atoms with Gasteiger partial charge in [-0.05, 0) is 6.42 Å². The number of carbonyl (C=O) groups is 1. The Kier molecular flexibility index (Phi) is 2.27. The number of halogens is 3. The molecule has 3 N–H and O–H groups in total. The lowest BCUT2D eigenvalue weighted by atomic mass is 9.95. The van der Waals surface area contributed by atoms with Gasteiger partial charge >= 0.3 is 6.18 Å². The molecule has 3 nitrogen and oxygen atoms in total. The van der Waals surface area contributed by atoms with Crippen molar-refractivity contribution in [2.45, 2.75) is 25.2 Å². The summed E-state index contributed by atoms with van der Waals surface area (Å²) in [6.07, 6.45) is -5.90. The van der Waals surface area contributed by atoms with Gasteiger partial charge in [0.1, 0.15) is 0 Å². The summed E-state index contributed by atoms with van der Waals surface area (Å²) in [7, 11) is 0. The third kappa shape index (κ3) is 2.10. The topological polar surface area (TPSA) is 55.1 Å². The van der Waals surface area contributed by atoms with Crippen LogP contribution in [0.3, 0.4) is 0 Å². The largest absolute Gasteiger partial charge is 0.392 e. The second kappa shape index (κ2) is 2.93. The molecule has 6 heteroatoms. The minimum absolute atomic E-state index is 0.227. The van der Waals surface area contributed by atoms with E-state index >= 15 is 0 Å². The molecule has 70 valence electrons. The van der Waals surface area contributed by atoms with E-state index < -0.39 is 30.6 Å². The lowest BCUT2D eigenvalue weighted by Crippen LogP contribution is -2.50. The molecule has 12 heavy (non-hydrogen) atoms. The van der Waals surface area contributed by atoms with Crippen LogP contribution in [0, 0.1) is 5.92 Å². The zero-order chi connectivity index (χ0) is 9.35. The highest BCUT2D eigenvalue weighted by Gasteiger charge is 2.43. The van der Waals surface area contributed by atoms with Crippen LogP contribution in [0.2, 0.25) is 0 Å². The number of amides is 1. The van der Waals surface area contributed by atoms with Crippen LogP contribution in [-0.2, 0) is 4.79 Å². The Morgan fingerprint density at radius 2 is 2.08 bits per heavy atom. The van der Waals surface area contributed by atoms with Gasteiger partial charge in [-0.1, -0.05) is 0 Å². The van der Waals surface area contributed by atoms with Gasteiger partial charge < -0.3 is 11.1 Å². The van der Waals surface area contributed by atoms with Crippen LogP contribution in [0.1, 0.15) is 12.8 Å². The van der Waals surface area contributed by atoms with Crippen molar-refractivity contribution < 1.29 is 18.0 Å². The van der Waals surface area contributed by atoms with E-state index in [0.717, 1.165) is 0 Å². The lowest BCUT2D eigenvalue weighted by molar-refractivity contribution is -0.186. The number of nitrogens with one attached hydrogen (secondary N) is 1. The summed E-state index contributed by atoms with van der Waals surface area (Å²) >= 11 is 0. The minimum atomic E-state index is -4.31. The molecule has 1 fully saturated rings. The van der Waals surface area contributed by atoms with Gasteiger partial charge in [-0.25, -0.2) is 0 Å². The van der Waals surface area contributed by atoms with Gasteiger partial charge in [-0.3, -0.25) is 4.79 Å². The van der Waals surface area contributed by atoms with Gasteiger partial charge in [0.2, 0.25) is 5.91 Å². The highest BCUT2D eigenvalue weighted by molar-refractivity contribution is 5.77. The normalized spacial score (nSPS) is 31.5. The average molecular weight is 182 g/mol. The monoisotopic (exact) mass is 182 g/mol. The summed E-state index contributed by atoms with van der Waals surface area (Å²) < 4.78 is 36.2. The van der Waals surface area contributed by atoms with Gasteiger partial charge in [0.25, 0.3) is 0 Å². The first-order valence-corrected chi connectivity index (χ1v) is 3.51. The molecule has 1 aliphatic rings. The Morgan fingerprint density at radius 3 is 2.50 bits per heavy atom. The minimum Gasteiger partial charge on any atom is -0.341 e. The first kappa shape index (κ1) is 9.31. The average Bonchev–Trinajstić information content (AvgIpc) is 1.82. The van der Waals surface area contributed by atoms with E-state index in [4.69, 9.17) is 5.73 Å². The molecule has 0 aliphatic carbocycles. The van der Waals surface area contributed by atoms with Crippen LogP contribution in [0.15, 0.2) is 0 Å². The maximum atomic E-state index is 12.1. The van der Waals surface area contributed by atoms with E-state index in [1.165, 1.54) is 0 Å². The maximum Gasteiger partial charge on any atom is 0.392 e. The Morgan fingerprint density at radius 1 is 1.50 bits per heavy atom. The lowest BCUT2D eigenvalue weighted by Gasteiger charge is -2.28. The van der Waals surface area contributed by atoms with Gasteiger partial charge in [-0.2, -0.15) is 13.2 Å². The molecule has 1 heterocycles. The standard InChI is InChI=1S/C6H9F3N2O/c7-6(8,9)3-1-4(10)11-5(12)2-3/h3-4H,1-2,10H2,(H,11,12). The molecular formula is C6H9F3N2O. The molecule has 0 aromatic heterocycles. The predicted molar refractivity (Wildman–Crippen MR) is 34.9 cm³/mol. The molecule has 2 atom stereocenters. The van der Waals surface area contributed by atoms with Crippen molar-refractivity contribution in [1.82, 2.24) is 5.32 Å². The van der Waals surface area contributed by atoms with Crippen molar-refractivity contribution in [3.05, 3.63) is 0 Å². The quantitative estimate of drug-likeness (QED) is 0.568. The molecule has 1 aliphatic heterocycles. The third-order valence-corrected chi connectivity index (χ3v) is 1.78. The number of hydrogen-bond donors (Lipinski definition) is 2. The fourth-order valence-electron chi connectivity index (χ4n) is 1.19. The van der Waals surface area contributed by atoms with Crippen molar-refractivity contribution >= 4 is 5.91 Å². The van der Waals surface area contributed by atoms with Gasteiger partial charge in [0, 0.05) is 6.42 Å². The number of hydrogen-bond acceptors (Lipinski definition) is 2. The van der Waals surface area contributed by atoms with Crippen molar-refractivity contribution in [2.75, 3.05) is 0 Å². The Bertz CT molecular complexity index is 192. The van der Waals surface area contributed by atoms with Gasteiger partial charge in [-0.15, -0.1) is 0 Å². The second-order valence-electron chi connectivity index (χ2n) is 2.85. The Balaban J connectivity index is 2.62. The van der Waals surface area contributed by atoms with Crippen molar-refractivity contribution in [3.8, 4) is 0 Å². The van der Waals surface area contributed by atoms with Crippen molar-refractivity contribution in [2.24, 2.45) is 11.7 Å². The molecule has 0 bridgehead atoms. The SMILES string of the molecule is NC1CC(C(F)(F)F)CC(=O)N1. The zero-order valence-corrected chi connectivity index (χ0v) is 6.19. The van der Waals surface area contributed by atoms with Crippen LogP contribution in [0.5, 0.6) is 0 Å². The van der Waals surface area contributed by atoms with E-state index in [0.29, 0.717) is 0 Å². The van der Waals surface area contributed by atoms with Crippen molar-refractivity contribution in [1.29, 1.82) is 0 Å². The predicted octanol–water partition coefficient (Wildman–Crippen LogP) is 0.360. The summed E-state index contributed by atoms with van der Waals surface area (Å²) in [6, 6.07) is 0. The summed E-state index contributed by atoms with van der Waals surface area (Å²) in [5.41, 5.74) is 5.18. The van der Waals surface area contributed by atoms with Crippen LogP contribution < -0.4 is 11.1 Å². The van der Waals surface area contributed by atoms with Crippen LogP contribution in [0.4, 0.5) is 13.2 Å². The molecule has 0 radical (unpaired) electrons. The molecule has 0 aromatic rings. The summed E-state index contributed by atoms with van der Waals surface area (Å²) in [5.74, 6) is -2.21. The molecule has 0 aromatic carbocycles. The molecule has 1 rings (SSSR count). The van der Waals surface area contributed by atoms with E-state index in [-0.39, 0.29) is 6.42 Å². The molecule has 0 spiro atoms. The maximum absolute atomic E-state index is 12.1. The zero-order valence-electron chi connectivity index (χ0n) is 6.19. The Hall–Kier alpha value is -0.780. The number of piperidine rings is 1. The number of rotatable bonds is 0. The summed E-state index contributed by atoms with van der Waals surface area (Å²) in [4.78, 5) is 10.6. The summed E-state index contributed by atoms with van der Waals surface area (Å²) in [6.45, 7) is 0.